The average molecular weight is 1130 g/mol. The number of hydrogen-bond acceptors (Lipinski definition) is 2. The molecular formula is C86H64N2. The van der Waals surface area contributed by atoms with Crippen molar-refractivity contribution in [2.45, 2.75) is 38.5 Å². The third kappa shape index (κ3) is 7.88. The molecule has 0 N–H and O–H groups in total. The van der Waals surface area contributed by atoms with Gasteiger partial charge in [0.1, 0.15) is 0 Å². The molecule has 2 aliphatic rings. The van der Waals surface area contributed by atoms with E-state index in [2.05, 4.69) is 353 Å². The maximum atomic E-state index is 2.47. The zero-order valence-corrected chi connectivity index (χ0v) is 49.9. The van der Waals surface area contributed by atoms with Crippen LogP contribution in [0.4, 0.5) is 34.1 Å². The molecule has 0 saturated carbocycles. The monoisotopic (exact) mass is 1120 g/mol. The van der Waals surface area contributed by atoms with Crippen LogP contribution >= 0.6 is 0 Å². The lowest BCUT2D eigenvalue weighted by Crippen LogP contribution is -2.28. The molecule has 0 spiro atoms. The Morgan fingerprint density at radius 2 is 0.545 bits per heavy atom. The van der Waals surface area contributed by atoms with E-state index in [0.717, 1.165) is 34.1 Å². The molecule has 2 heteroatoms. The zero-order chi connectivity index (χ0) is 59.1. The van der Waals surface area contributed by atoms with Crippen LogP contribution in [0.15, 0.2) is 315 Å². The Hall–Kier alpha value is -10.8. The second-order valence-corrected chi connectivity index (χ2v) is 23.8. The van der Waals surface area contributed by atoms with Gasteiger partial charge in [0, 0.05) is 33.5 Å². The van der Waals surface area contributed by atoms with Crippen LogP contribution in [-0.4, -0.2) is 0 Å². The molecule has 2 aliphatic carbocycles. The van der Waals surface area contributed by atoms with Crippen molar-refractivity contribution in [2.75, 3.05) is 9.80 Å². The number of fused-ring (bicyclic) bond motifs is 6. The average Bonchev–Trinajstić information content (AvgIpc) is 1.53. The Kier molecular flexibility index (Phi) is 12.6. The van der Waals surface area contributed by atoms with Gasteiger partial charge >= 0.3 is 0 Å². The predicted molar refractivity (Wildman–Crippen MR) is 373 cm³/mol. The van der Waals surface area contributed by atoms with Gasteiger partial charge in [-0.15, -0.1) is 0 Å². The number of allylic oxidation sites excluding steroid dienone is 4. The molecule has 16 rings (SSSR count). The molecule has 0 radical (unpaired) electrons. The van der Waals surface area contributed by atoms with Crippen molar-refractivity contribution in [1.82, 2.24) is 0 Å². The molecule has 0 unspecified atom stereocenters. The molecule has 0 bridgehead atoms. The highest BCUT2D eigenvalue weighted by Crippen LogP contribution is 2.59. The largest absolute Gasteiger partial charge is 0.310 e. The minimum atomic E-state index is -0.504. The van der Waals surface area contributed by atoms with E-state index in [0.29, 0.717) is 0 Å². The quantitative estimate of drug-likeness (QED) is 0.113. The molecule has 0 saturated heterocycles. The summed E-state index contributed by atoms with van der Waals surface area (Å²) < 4.78 is 0. The zero-order valence-electron chi connectivity index (χ0n) is 49.9. The van der Waals surface area contributed by atoms with Gasteiger partial charge in [-0.25, -0.2) is 0 Å². The fourth-order valence-electron chi connectivity index (χ4n) is 15.2. The third-order valence-electron chi connectivity index (χ3n) is 19.6. The highest BCUT2D eigenvalue weighted by Gasteiger charge is 2.47. The number of hydrogen-bond donors (Lipinski definition) is 0. The maximum absolute atomic E-state index is 2.47. The minimum Gasteiger partial charge on any atom is -0.310 e. The Morgan fingerprint density at radius 1 is 0.273 bits per heavy atom. The summed E-state index contributed by atoms with van der Waals surface area (Å²) in [6, 6.07) is 114. The fourth-order valence-corrected chi connectivity index (χ4v) is 15.2. The van der Waals surface area contributed by atoms with E-state index in [1.54, 1.807) is 0 Å². The summed E-state index contributed by atoms with van der Waals surface area (Å²) >= 11 is 0. The lowest BCUT2D eigenvalue weighted by molar-refractivity contribution is 0.768. The number of anilines is 6. The van der Waals surface area contributed by atoms with E-state index in [1.807, 2.05) is 0 Å². The van der Waals surface area contributed by atoms with Gasteiger partial charge in [0.15, 0.2) is 0 Å². The van der Waals surface area contributed by atoms with Crippen LogP contribution in [0.3, 0.4) is 0 Å². The van der Waals surface area contributed by atoms with Crippen LogP contribution in [-0.2, 0) is 10.8 Å². The Bertz CT molecular complexity index is 4620. The molecule has 2 nitrogen and oxygen atoms in total. The first kappa shape index (κ1) is 52.7. The lowest BCUT2D eigenvalue weighted by Gasteiger charge is -2.35. The van der Waals surface area contributed by atoms with Gasteiger partial charge in [0.25, 0.3) is 0 Å². The standard InChI is InChI=1S/C86H64N2/c1-5-57(3)59-33-45-67(46-34-59)87(69-49-41-65(42-50-69)85(63-21-9-7-10-22-63)77-29-17-13-25-71(77)72-26-14-18-30-78(72)85)81-55-39-61-38-54-76-82(56-40-62-37-53-75(81)83(61)84(62)76)88(68-47-35-60(36-48-68)58(4)6-2)70-51-43-66(44-52-70)86(64-23-11-8-12-24-64)79-31-19-15-27-73(79)74-28-16-20-32-80(74)86/h5-56H,1-4H3/b57-5-,58-6+. The molecule has 0 amide bonds. The van der Waals surface area contributed by atoms with Crippen LogP contribution in [0.2, 0.25) is 0 Å². The van der Waals surface area contributed by atoms with Gasteiger partial charge < -0.3 is 9.80 Å². The first-order valence-corrected chi connectivity index (χ1v) is 30.9. The van der Waals surface area contributed by atoms with Crippen LogP contribution in [0.5, 0.6) is 0 Å². The molecule has 14 aromatic carbocycles. The summed E-state index contributed by atoms with van der Waals surface area (Å²) in [6.45, 7) is 8.61. The second kappa shape index (κ2) is 21.0. The molecule has 14 aromatic rings. The van der Waals surface area contributed by atoms with Gasteiger partial charge in [-0.05, 0) is 199 Å². The van der Waals surface area contributed by atoms with Crippen LogP contribution < -0.4 is 9.80 Å². The lowest BCUT2D eigenvalue weighted by atomic mass is 9.68. The molecule has 0 fully saturated rings. The van der Waals surface area contributed by atoms with Crippen molar-refractivity contribution < 1.29 is 0 Å². The summed E-state index contributed by atoms with van der Waals surface area (Å²) in [7, 11) is 0. The molecule has 0 heterocycles. The summed E-state index contributed by atoms with van der Waals surface area (Å²) in [5, 5.41) is 7.29. The fraction of sp³-hybridized carbons (Fsp3) is 0.0698. The summed E-state index contributed by atoms with van der Waals surface area (Å²) in [4.78, 5) is 4.95. The highest BCUT2D eigenvalue weighted by atomic mass is 15.1. The Labute approximate surface area is 516 Å². The number of benzene rings is 14. The van der Waals surface area contributed by atoms with Crippen LogP contribution in [0, 0.1) is 0 Å². The predicted octanol–water partition coefficient (Wildman–Crippen LogP) is 23.1. The SMILES string of the molecule is C/C=C(/C)c1ccc(N(c2ccc(C3(c4ccccc4)c4ccccc4-c4ccccc43)cc2)c2ccc3ccc4c(N(c5ccc(/C(C)=C/C)cc5)c5ccc(C6(c7ccccc7)c7ccccc7-c7ccccc76)cc5)ccc5ccc2c3c54)cc1. The van der Waals surface area contributed by atoms with Gasteiger partial charge in [0.05, 0.1) is 22.2 Å². The minimum absolute atomic E-state index is 0.504. The van der Waals surface area contributed by atoms with E-state index < -0.39 is 10.8 Å². The second-order valence-electron chi connectivity index (χ2n) is 23.8. The summed E-state index contributed by atoms with van der Waals surface area (Å²) in [5.41, 5.74) is 25.9. The van der Waals surface area contributed by atoms with E-state index in [1.165, 1.54) is 121 Å². The summed E-state index contributed by atoms with van der Waals surface area (Å²) in [5.74, 6) is 0. The van der Waals surface area contributed by atoms with Crippen molar-refractivity contribution in [1.29, 1.82) is 0 Å². The van der Waals surface area contributed by atoms with Crippen molar-refractivity contribution in [2.24, 2.45) is 0 Å². The van der Waals surface area contributed by atoms with E-state index in [4.69, 9.17) is 0 Å². The van der Waals surface area contributed by atoms with Gasteiger partial charge in [0.2, 0.25) is 0 Å². The third-order valence-corrected chi connectivity index (χ3v) is 19.6. The molecule has 0 aliphatic heterocycles. The normalized spacial score (nSPS) is 13.8. The van der Waals surface area contributed by atoms with Crippen molar-refractivity contribution >= 4 is 77.6 Å². The van der Waals surface area contributed by atoms with Gasteiger partial charge in [-0.2, -0.15) is 0 Å². The van der Waals surface area contributed by atoms with Crippen molar-refractivity contribution in [3.05, 3.63) is 371 Å². The first-order valence-electron chi connectivity index (χ1n) is 30.9. The molecule has 88 heavy (non-hydrogen) atoms. The number of rotatable bonds is 12. The van der Waals surface area contributed by atoms with Crippen molar-refractivity contribution in [3.63, 3.8) is 0 Å². The number of nitrogens with zero attached hydrogens (tertiary/aromatic N) is 2. The first-order chi connectivity index (χ1) is 43.4. The van der Waals surface area contributed by atoms with Crippen molar-refractivity contribution in [3.8, 4) is 22.3 Å². The maximum Gasteiger partial charge on any atom is 0.0713 e. The molecular weight excluding hydrogens is 1060 g/mol. The highest BCUT2D eigenvalue weighted by molar-refractivity contribution is 6.28. The topological polar surface area (TPSA) is 6.48 Å². The van der Waals surface area contributed by atoms with Crippen LogP contribution in [0.25, 0.3) is 65.7 Å². The molecule has 418 valence electrons. The van der Waals surface area contributed by atoms with E-state index in [9.17, 15) is 0 Å². The van der Waals surface area contributed by atoms with Gasteiger partial charge in [-0.1, -0.05) is 255 Å². The Balaban J connectivity index is 0.874. The van der Waals surface area contributed by atoms with E-state index in [-0.39, 0.29) is 0 Å². The van der Waals surface area contributed by atoms with Crippen LogP contribution in [0.1, 0.15) is 83.3 Å². The smallest absolute Gasteiger partial charge is 0.0713 e. The van der Waals surface area contributed by atoms with E-state index >= 15 is 0 Å². The molecule has 0 atom stereocenters. The molecule has 0 aromatic heterocycles. The van der Waals surface area contributed by atoms with Gasteiger partial charge in [-0.3, -0.25) is 0 Å². The Morgan fingerprint density at radius 3 is 0.864 bits per heavy atom. The summed E-state index contributed by atoms with van der Waals surface area (Å²) in [6.07, 6.45) is 4.38.